The molecule has 0 unspecified atom stereocenters. The van der Waals surface area contributed by atoms with Crippen LogP contribution in [0.15, 0.2) is 18.2 Å². The number of carbonyl (C=O) groups is 2. The molecule has 5 N–H and O–H groups in total. The van der Waals surface area contributed by atoms with Crippen molar-refractivity contribution < 1.29 is 28.9 Å². The number of ether oxygens (including phenoxy) is 3. The van der Waals surface area contributed by atoms with Crippen LogP contribution in [0.1, 0.15) is 99.0 Å². The molecule has 45 heavy (non-hydrogen) atoms. The lowest BCUT2D eigenvalue weighted by molar-refractivity contribution is -0.132. The molecule has 1 saturated carbocycles. The van der Waals surface area contributed by atoms with Gasteiger partial charge < -0.3 is 35.7 Å². The van der Waals surface area contributed by atoms with E-state index >= 15 is 0 Å². The van der Waals surface area contributed by atoms with Gasteiger partial charge in [-0.3, -0.25) is 9.59 Å². The van der Waals surface area contributed by atoms with E-state index in [2.05, 4.69) is 30.5 Å². The van der Waals surface area contributed by atoms with Gasteiger partial charge in [0.1, 0.15) is 0 Å². The average Bonchev–Trinajstić information content (AvgIpc) is 3.44. The van der Waals surface area contributed by atoms with E-state index in [1.165, 1.54) is 0 Å². The number of amides is 2. The Balaban J connectivity index is 2.04. The molecule has 9 heteroatoms. The Hall–Kier alpha value is -2.36. The van der Waals surface area contributed by atoms with E-state index in [9.17, 15) is 14.7 Å². The van der Waals surface area contributed by atoms with Crippen molar-refractivity contribution in [3.8, 4) is 11.5 Å². The van der Waals surface area contributed by atoms with E-state index in [1.807, 2.05) is 46.8 Å². The highest BCUT2D eigenvalue weighted by atomic mass is 16.5. The first kappa shape index (κ1) is 38.8. The molecule has 1 aliphatic carbocycles. The summed E-state index contributed by atoms with van der Waals surface area (Å²) in [5.74, 6) is 1.51. The quantitative estimate of drug-likeness (QED) is 0.153. The van der Waals surface area contributed by atoms with Crippen molar-refractivity contribution in [2.24, 2.45) is 34.8 Å². The molecule has 258 valence electrons. The third-order valence-electron chi connectivity index (χ3n) is 9.35. The van der Waals surface area contributed by atoms with E-state index in [4.69, 9.17) is 19.9 Å². The lowest BCUT2D eigenvalue weighted by Crippen LogP contribution is -2.57. The Morgan fingerprint density at radius 2 is 1.67 bits per heavy atom. The van der Waals surface area contributed by atoms with Crippen molar-refractivity contribution in [1.82, 2.24) is 10.6 Å². The Morgan fingerprint density at radius 3 is 2.22 bits per heavy atom. The molecule has 1 aromatic carbocycles. The topological polar surface area (TPSA) is 132 Å². The molecule has 0 radical (unpaired) electrons. The van der Waals surface area contributed by atoms with Gasteiger partial charge in [0.2, 0.25) is 11.8 Å². The number of nitrogens with one attached hydrogen (secondary N) is 2. The second kappa shape index (κ2) is 18.1. The normalized spacial score (nSPS) is 17.5. The van der Waals surface area contributed by atoms with Gasteiger partial charge in [-0.25, -0.2) is 0 Å². The Bertz CT molecular complexity index is 1050. The maximum absolute atomic E-state index is 13.5. The fourth-order valence-electron chi connectivity index (χ4n) is 6.08. The van der Waals surface area contributed by atoms with Crippen molar-refractivity contribution in [1.29, 1.82) is 0 Å². The molecule has 1 aliphatic rings. The third kappa shape index (κ3) is 12.4. The minimum absolute atomic E-state index is 0.000580. The Morgan fingerprint density at radius 1 is 1.00 bits per heavy atom. The van der Waals surface area contributed by atoms with Crippen LogP contribution < -0.4 is 25.8 Å². The molecule has 2 rings (SSSR count). The zero-order valence-corrected chi connectivity index (χ0v) is 29.5. The number of benzene rings is 1. The van der Waals surface area contributed by atoms with Gasteiger partial charge in [-0.15, -0.1) is 0 Å². The van der Waals surface area contributed by atoms with E-state index in [1.54, 1.807) is 14.2 Å². The molecular formula is C36H63N3O6. The van der Waals surface area contributed by atoms with Gasteiger partial charge in [-0.05, 0) is 67.6 Å². The van der Waals surface area contributed by atoms with Crippen molar-refractivity contribution in [2.45, 2.75) is 118 Å². The predicted molar refractivity (Wildman–Crippen MR) is 180 cm³/mol. The van der Waals surface area contributed by atoms with Gasteiger partial charge in [-0.2, -0.15) is 0 Å². The van der Waals surface area contributed by atoms with Crippen molar-refractivity contribution in [3.63, 3.8) is 0 Å². The van der Waals surface area contributed by atoms with Crippen LogP contribution in [0.3, 0.4) is 0 Å². The molecule has 0 spiro atoms. The summed E-state index contributed by atoms with van der Waals surface area (Å²) >= 11 is 0. The summed E-state index contributed by atoms with van der Waals surface area (Å²) in [7, 11) is 3.31. The van der Waals surface area contributed by atoms with Crippen LogP contribution in [0, 0.1) is 29.1 Å². The molecule has 0 aliphatic heterocycles. The minimum atomic E-state index is -0.819. The largest absolute Gasteiger partial charge is 0.493 e. The van der Waals surface area contributed by atoms with Crippen LogP contribution in [0.2, 0.25) is 0 Å². The van der Waals surface area contributed by atoms with Crippen molar-refractivity contribution in [2.75, 3.05) is 34.0 Å². The molecule has 0 saturated heterocycles. The number of nitrogens with two attached hydrogens (primary N) is 1. The van der Waals surface area contributed by atoms with Gasteiger partial charge in [-0.1, -0.05) is 67.4 Å². The lowest BCUT2D eigenvalue weighted by Gasteiger charge is -2.35. The number of aliphatic hydroxyl groups excluding tert-OH is 1. The van der Waals surface area contributed by atoms with E-state index < -0.39 is 23.1 Å². The second-order valence-corrected chi connectivity index (χ2v) is 14.9. The summed E-state index contributed by atoms with van der Waals surface area (Å²) in [6.07, 6.45) is 5.42. The first-order valence-corrected chi connectivity index (χ1v) is 16.9. The van der Waals surface area contributed by atoms with Crippen LogP contribution in [0.4, 0.5) is 0 Å². The summed E-state index contributed by atoms with van der Waals surface area (Å²) in [6, 6.07) is 5.55. The van der Waals surface area contributed by atoms with Crippen LogP contribution >= 0.6 is 0 Å². The summed E-state index contributed by atoms with van der Waals surface area (Å²) < 4.78 is 16.6. The first-order chi connectivity index (χ1) is 21.1. The second-order valence-electron chi connectivity index (χ2n) is 14.9. The highest BCUT2D eigenvalue weighted by Gasteiger charge is 2.39. The number of carbonyl (C=O) groups excluding carboxylic acids is 2. The summed E-state index contributed by atoms with van der Waals surface area (Å²) in [6.45, 7) is 15.6. The minimum Gasteiger partial charge on any atom is -0.493 e. The Kier molecular flexibility index (Phi) is 15.6. The van der Waals surface area contributed by atoms with Crippen LogP contribution in [0.5, 0.6) is 11.5 Å². The SMILES string of the molecule is COCCCOc1cc(C[C@@H](C[C@H](N)[C@@H](O)C[C@H](C(=O)NCC2(NC(=O)C(C)(C)C)CCCC2)C(C)C)C(C)C)ccc1OC. The van der Waals surface area contributed by atoms with Gasteiger partial charge in [0, 0.05) is 44.1 Å². The zero-order valence-electron chi connectivity index (χ0n) is 29.5. The number of methoxy groups -OCH3 is 2. The smallest absolute Gasteiger partial charge is 0.225 e. The number of hydrogen-bond donors (Lipinski definition) is 4. The molecular weight excluding hydrogens is 570 g/mol. The van der Waals surface area contributed by atoms with Crippen molar-refractivity contribution >= 4 is 11.8 Å². The molecule has 0 heterocycles. The summed E-state index contributed by atoms with van der Waals surface area (Å²) in [5.41, 5.74) is 6.84. The number of rotatable bonds is 19. The van der Waals surface area contributed by atoms with Gasteiger partial charge in [0.15, 0.2) is 11.5 Å². The lowest BCUT2D eigenvalue weighted by atomic mass is 9.80. The summed E-state index contributed by atoms with van der Waals surface area (Å²) in [4.78, 5) is 26.3. The standard InChI is InChI=1S/C36H63N3O6/c1-24(2)27(19-26-13-14-31(44-9)32(20-26)45-18-12-17-43-8)21-29(37)30(40)22-28(25(3)4)33(41)38-23-36(15-10-11-16-36)39-34(42)35(5,6)7/h13-14,20,24-25,27-30,40H,10-12,15-19,21-23,37H2,1-9H3,(H,38,41)(H,39,42)/t27-,28-,29-,30-/m0/s1. The number of hydrogen-bond acceptors (Lipinski definition) is 7. The zero-order chi connectivity index (χ0) is 33.8. The molecule has 4 atom stereocenters. The highest BCUT2D eigenvalue weighted by molar-refractivity contribution is 5.82. The van der Waals surface area contributed by atoms with E-state index in [0.717, 1.165) is 44.1 Å². The predicted octanol–water partition coefficient (Wildman–Crippen LogP) is 5.26. The van der Waals surface area contributed by atoms with E-state index in [-0.39, 0.29) is 29.6 Å². The molecule has 1 fully saturated rings. The monoisotopic (exact) mass is 633 g/mol. The van der Waals surface area contributed by atoms with E-state index in [0.29, 0.717) is 50.0 Å². The molecule has 1 aromatic rings. The fraction of sp³-hybridized carbons (Fsp3) is 0.778. The summed E-state index contributed by atoms with van der Waals surface area (Å²) in [5, 5.41) is 17.7. The number of aliphatic hydroxyl groups is 1. The fourth-order valence-corrected chi connectivity index (χ4v) is 6.08. The van der Waals surface area contributed by atoms with Crippen LogP contribution in [-0.4, -0.2) is 68.6 Å². The van der Waals surface area contributed by atoms with Gasteiger partial charge in [0.05, 0.1) is 25.4 Å². The average molecular weight is 634 g/mol. The third-order valence-corrected chi connectivity index (χ3v) is 9.35. The van der Waals surface area contributed by atoms with Crippen LogP contribution in [0.25, 0.3) is 0 Å². The molecule has 2 amide bonds. The molecule has 0 bridgehead atoms. The maximum Gasteiger partial charge on any atom is 0.225 e. The maximum atomic E-state index is 13.5. The molecule has 9 nitrogen and oxygen atoms in total. The van der Waals surface area contributed by atoms with Gasteiger partial charge >= 0.3 is 0 Å². The molecule has 0 aromatic heterocycles. The van der Waals surface area contributed by atoms with Crippen molar-refractivity contribution in [3.05, 3.63) is 23.8 Å². The highest BCUT2D eigenvalue weighted by Crippen LogP contribution is 2.33. The van der Waals surface area contributed by atoms with Crippen LogP contribution in [-0.2, 0) is 20.7 Å². The Labute approximate surface area is 272 Å². The first-order valence-electron chi connectivity index (χ1n) is 16.9. The van der Waals surface area contributed by atoms with Gasteiger partial charge in [0.25, 0.3) is 0 Å².